The number of rotatable bonds is 4. The molecule has 1 fully saturated rings. The minimum Gasteiger partial charge on any atom is -0.465 e. The fourth-order valence-electron chi connectivity index (χ4n) is 2.71. The number of carbonyl (C=O) groups excluding carboxylic acids is 1. The average Bonchev–Trinajstić information content (AvgIpc) is 3.13. The third-order valence-electron chi connectivity index (χ3n) is 4.18. The Morgan fingerprint density at radius 2 is 1.96 bits per heavy atom. The molecule has 2 heterocycles. The molecule has 24 heavy (non-hydrogen) atoms. The predicted molar refractivity (Wildman–Crippen MR) is 95.1 cm³/mol. The first-order chi connectivity index (χ1) is 11.4. The molecule has 1 aliphatic rings. The number of nitrogens with zero attached hydrogens (tertiary/aromatic N) is 3. The lowest BCUT2D eigenvalue weighted by atomic mass is 9.87. The Hall–Kier alpha value is -1.82. The lowest BCUT2D eigenvalue weighted by molar-refractivity contribution is -0.137. The van der Waals surface area contributed by atoms with Crippen molar-refractivity contribution in [1.29, 1.82) is 0 Å². The first kappa shape index (κ1) is 17.0. The molecule has 0 radical (unpaired) electrons. The Morgan fingerprint density at radius 3 is 2.50 bits per heavy atom. The Morgan fingerprint density at radius 1 is 1.25 bits per heavy atom. The van der Waals surface area contributed by atoms with E-state index in [2.05, 4.69) is 66.7 Å². The molecule has 1 aliphatic heterocycles. The third kappa shape index (κ3) is 3.34. The molecule has 3 rings (SSSR count). The second-order valence-corrected chi connectivity index (χ2v) is 8.11. The van der Waals surface area contributed by atoms with E-state index in [1.807, 2.05) is 0 Å². The number of hydrogen-bond donors (Lipinski definition) is 0. The molecule has 0 amide bonds. The van der Waals surface area contributed by atoms with Gasteiger partial charge in [-0.25, -0.2) is 0 Å². The van der Waals surface area contributed by atoms with Gasteiger partial charge in [0, 0.05) is 18.5 Å². The number of hydrogen-bond acceptors (Lipinski definition) is 5. The SMILES string of the molecule is CCn1c(S[C@@H]2CCOC2=O)nnc1-c1ccc(C(C)(C)C)cc1. The van der Waals surface area contributed by atoms with Crippen LogP contribution in [0.15, 0.2) is 29.4 Å². The fraction of sp³-hybridized carbons (Fsp3) is 0.500. The van der Waals surface area contributed by atoms with Gasteiger partial charge in [-0.15, -0.1) is 10.2 Å². The van der Waals surface area contributed by atoms with Gasteiger partial charge in [0.1, 0.15) is 5.25 Å². The molecule has 1 aromatic carbocycles. The smallest absolute Gasteiger partial charge is 0.319 e. The molecule has 5 nitrogen and oxygen atoms in total. The molecule has 0 aliphatic carbocycles. The first-order valence-electron chi connectivity index (χ1n) is 8.27. The van der Waals surface area contributed by atoms with Crippen molar-refractivity contribution in [1.82, 2.24) is 14.8 Å². The zero-order valence-corrected chi connectivity index (χ0v) is 15.4. The van der Waals surface area contributed by atoms with E-state index in [0.717, 1.165) is 29.5 Å². The maximum atomic E-state index is 11.7. The summed E-state index contributed by atoms with van der Waals surface area (Å²) in [4.78, 5) is 11.7. The van der Waals surface area contributed by atoms with Gasteiger partial charge in [-0.1, -0.05) is 56.8 Å². The standard InChI is InChI=1S/C18H23N3O2S/c1-5-21-15(12-6-8-13(9-7-12)18(2,3)4)19-20-17(21)24-14-10-11-23-16(14)22/h6-9,14H,5,10-11H2,1-4H3/t14-/m1/s1. The number of benzene rings is 1. The maximum Gasteiger partial charge on any atom is 0.319 e. The summed E-state index contributed by atoms with van der Waals surface area (Å²) in [5.41, 5.74) is 2.45. The van der Waals surface area contributed by atoms with Crippen LogP contribution in [0.5, 0.6) is 0 Å². The van der Waals surface area contributed by atoms with Gasteiger partial charge in [-0.3, -0.25) is 4.79 Å². The summed E-state index contributed by atoms with van der Waals surface area (Å²) < 4.78 is 7.09. The van der Waals surface area contributed by atoms with Crippen molar-refractivity contribution in [2.45, 2.75) is 56.5 Å². The molecule has 6 heteroatoms. The van der Waals surface area contributed by atoms with Gasteiger partial charge in [0.15, 0.2) is 11.0 Å². The summed E-state index contributed by atoms with van der Waals surface area (Å²) in [7, 11) is 0. The van der Waals surface area contributed by atoms with Gasteiger partial charge in [0.25, 0.3) is 0 Å². The maximum absolute atomic E-state index is 11.7. The van der Waals surface area contributed by atoms with Crippen LogP contribution in [0.3, 0.4) is 0 Å². The number of esters is 1. The van der Waals surface area contributed by atoms with Crippen molar-refractivity contribution >= 4 is 17.7 Å². The van der Waals surface area contributed by atoms with Crippen molar-refractivity contribution in [3.63, 3.8) is 0 Å². The molecule has 1 saturated heterocycles. The third-order valence-corrected chi connectivity index (χ3v) is 5.40. The molecular weight excluding hydrogens is 322 g/mol. The van der Waals surface area contributed by atoms with Crippen LogP contribution in [0.4, 0.5) is 0 Å². The zero-order valence-electron chi connectivity index (χ0n) is 14.6. The van der Waals surface area contributed by atoms with Crippen molar-refractivity contribution in [2.24, 2.45) is 0 Å². The molecule has 1 aromatic heterocycles. The molecule has 0 N–H and O–H groups in total. The Bertz CT molecular complexity index is 732. The van der Waals surface area contributed by atoms with Crippen molar-refractivity contribution < 1.29 is 9.53 Å². The molecule has 0 saturated carbocycles. The van der Waals surface area contributed by atoms with Gasteiger partial charge >= 0.3 is 5.97 Å². The number of aromatic nitrogens is 3. The highest BCUT2D eigenvalue weighted by molar-refractivity contribution is 8.00. The quantitative estimate of drug-likeness (QED) is 0.791. The van der Waals surface area contributed by atoms with Crippen LogP contribution in [-0.2, 0) is 21.5 Å². The van der Waals surface area contributed by atoms with E-state index in [-0.39, 0.29) is 16.6 Å². The lowest BCUT2D eigenvalue weighted by Gasteiger charge is -2.19. The van der Waals surface area contributed by atoms with E-state index in [0.29, 0.717) is 6.61 Å². The van der Waals surface area contributed by atoms with E-state index >= 15 is 0 Å². The fourth-order valence-corrected chi connectivity index (χ4v) is 3.77. The van der Waals surface area contributed by atoms with E-state index in [1.54, 1.807) is 0 Å². The van der Waals surface area contributed by atoms with Crippen LogP contribution in [0.1, 0.15) is 39.7 Å². The highest BCUT2D eigenvalue weighted by atomic mass is 32.2. The number of ether oxygens (including phenoxy) is 1. The number of cyclic esters (lactones) is 1. The van der Waals surface area contributed by atoms with Crippen LogP contribution in [0.2, 0.25) is 0 Å². The second-order valence-electron chi connectivity index (χ2n) is 6.94. The van der Waals surface area contributed by atoms with E-state index < -0.39 is 0 Å². The highest BCUT2D eigenvalue weighted by Gasteiger charge is 2.30. The predicted octanol–water partition coefficient (Wildman–Crippen LogP) is 3.67. The summed E-state index contributed by atoms with van der Waals surface area (Å²) in [6.45, 7) is 9.92. The van der Waals surface area contributed by atoms with Crippen LogP contribution in [-0.4, -0.2) is 32.6 Å². The van der Waals surface area contributed by atoms with E-state index in [9.17, 15) is 4.79 Å². The van der Waals surface area contributed by atoms with E-state index in [4.69, 9.17) is 4.74 Å². The zero-order chi connectivity index (χ0) is 17.3. The van der Waals surface area contributed by atoms with Crippen LogP contribution in [0, 0.1) is 0 Å². The van der Waals surface area contributed by atoms with Gasteiger partial charge in [0.2, 0.25) is 0 Å². The minimum atomic E-state index is -0.171. The lowest BCUT2D eigenvalue weighted by Crippen LogP contribution is -2.11. The summed E-state index contributed by atoms with van der Waals surface area (Å²) >= 11 is 1.45. The average molecular weight is 345 g/mol. The summed E-state index contributed by atoms with van der Waals surface area (Å²) in [5.74, 6) is 0.688. The van der Waals surface area contributed by atoms with Crippen LogP contribution in [0.25, 0.3) is 11.4 Å². The van der Waals surface area contributed by atoms with Crippen LogP contribution < -0.4 is 0 Å². The molecule has 0 unspecified atom stereocenters. The first-order valence-corrected chi connectivity index (χ1v) is 9.15. The van der Waals surface area contributed by atoms with Gasteiger partial charge in [0.05, 0.1) is 6.61 Å². The molecule has 0 spiro atoms. The van der Waals surface area contributed by atoms with Gasteiger partial charge < -0.3 is 9.30 Å². The Labute approximate surface area is 146 Å². The molecule has 1 atom stereocenters. The van der Waals surface area contributed by atoms with E-state index in [1.165, 1.54) is 17.3 Å². The topological polar surface area (TPSA) is 57.0 Å². The van der Waals surface area contributed by atoms with Crippen molar-refractivity contribution in [3.8, 4) is 11.4 Å². The summed E-state index contributed by atoms with van der Waals surface area (Å²) in [5, 5.41) is 9.26. The Kier molecular flexibility index (Phi) is 4.67. The van der Waals surface area contributed by atoms with Crippen molar-refractivity contribution in [2.75, 3.05) is 6.61 Å². The Balaban J connectivity index is 1.87. The van der Waals surface area contributed by atoms with Gasteiger partial charge in [-0.2, -0.15) is 0 Å². The van der Waals surface area contributed by atoms with Crippen LogP contribution >= 0.6 is 11.8 Å². The normalized spacial score (nSPS) is 18.0. The number of carbonyl (C=O) groups is 1. The highest BCUT2D eigenvalue weighted by Crippen LogP contribution is 2.31. The van der Waals surface area contributed by atoms with Crippen molar-refractivity contribution in [3.05, 3.63) is 29.8 Å². The molecule has 2 aromatic rings. The number of thioether (sulfide) groups is 1. The largest absolute Gasteiger partial charge is 0.465 e. The molecule has 0 bridgehead atoms. The monoisotopic (exact) mass is 345 g/mol. The summed E-state index contributed by atoms with van der Waals surface area (Å²) in [6, 6.07) is 8.47. The summed E-state index contributed by atoms with van der Waals surface area (Å²) in [6.07, 6.45) is 0.732. The molecule has 128 valence electrons. The molecular formula is C18H23N3O2S. The second kappa shape index (κ2) is 6.59. The van der Waals surface area contributed by atoms with Gasteiger partial charge in [-0.05, 0) is 17.9 Å². The minimum absolute atomic E-state index is 0.126.